The van der Waals surface area contributed by atoms with Gasteiger partial charge in [0.25, 0.3) is 0 Å². The van der Waals surface area contributed by atoms with E-state index in [9.17, 15) is 4.79 Å². The SMILES string of the molecule is CSCC(C)N(C)C(C)CC(=O)O. The zero-order chi connectivity index (χ0) is 10.4. The first-order valence-electron chi connectivity index (χ1n) is 4.41. The van der Waals surface area contributed by atoms with E-state index in [0.29, 0.717) is 6.04 Å². The van der Waals surface area contributed by atoms with Crippen molar-refractivity contribution in [2.75, 3.05) is 19.1 Å². The summed E-state index contributed by atoms with van der Waals surface area (Å²) in [4.78, 5) is 12.6. The molecular formula is C9H19NO2S. The second-order valence-corrected chi connectivity index (χ2v) is 4.33. The fourth-order valence-electron chi connectivity index (χ4n) is 1.19. The Kier molecular flexibility index (Phi) is 6.16. The van der Waals surface area contributed by atoms with Crippen LogP contribution in [-0.2, 0) is 4.79 Å². The second kappa shape index (κ2) is 6.27. The van der Waals surface area contributed by atoms with Crippen LogP contribution in [0.5, 0.6) is 0 Å². The predicted molar refractivity (Wildman–Crippen MR) is 57.3 cm³/mol. The topological polar surface area (TPSA) is 40.5 Å². The summed E-state index contributed by atoms with van der Waals surface area (Å²) in [5.74, 6) is 0.316. The summed E-state index contributed by atoms with van der Waals surface area (Å²) in [5.41, 5.74) is 0. The largest absolute Gasteiger partial charge is 0.481 e. The zero-order valence-electron chi connectivity index (χ0n) is 8.78. The van der Waals surface area contributed by atoms with Crippen LogP contribution in [-0.4, -0.2) is 47.1 Å². The average Bonchev–Trinajstić information content (AvgIpc) is 2.02. The molecular weight excluding hydrogens is 186 g/mol. The highest BCUT2D eigenvalue weighted by Crippen LogP contribution is 2.09. The summed E-state index contributed by atoms with van der Waals surface area (Å²) >= 11 is 1.79. The lowest BCUT2D eigenvalue weighted by Crippen LogP contribution is -2.39. The minimum atomic E-state index is -0.726. The molecule has 0 aromatic rings. The third-order valence-corrected chi connectivity index (χ3v) is 3.08. The molecule has 0 bridgehead atoms. The van der Waals surface area contributed by atoms with Gasteiger partial charge in [-0.05, 0) is 27.2 Å². The van der Waals surface area contributed by atoms with Crippen LogP contribution >= 0.6 is 11.8 Å². The number of thioether (sulfide) groups is 1. The Balaban J connectivity index is 3.92. The van der Waals surface area contributed by atoms with Crippen LogP contribution in [0.25, 0.3) is 0 Å². The van der Waals surface area contributed by atoms with E-state index in [1.54, 1.807) is 11.8 Å². The summed E-state index contributed by atoms with van der Waals surface area (Å²) < 4.78 is 0. The van der Waals surface area contributed by atoms with Gasteiger partial charge in [-0.1, -0.05) is 0 Å². The van der Waals surface area contributed by atoms with Gasteiger partial charge < -0.3 is 5.11 Å². The Morgan fingerprint density at radius 2 is 2.00 bits per heavy atom. The fraction of sp³-hybridized carbons (Fsp3) is 0.889. The number of carboxylic acid groups (broad SMARTS) is 1. The number of carbonyl (C=O) groups is 1. The van der Waals surface area contributed by atoms with Crippen LogP contribution < -0.4 is 0 Å². The number of nitrogens with zero attached hydrogens (tertiary/aromatic N) is 1. The van der Waals surface area contributed by atoms with Gasteiger partial charge in [0.15, 0.2) is 0 Å². The van der Waals surface area contributed by atoms with Gasteiger partial charge in [0.1, 0.15) is 0 Å². The van der Waals surface area contributed by atoms with Gasteiger partial charge in [-0.15, -0.1) is 0 Å². The molecule has 0 fully saturated rings. The quantitative estimate of drug-likeness (QED) is 0.714. The molecule has 0 saturated heterocycles. The van der Waals surface area contributed by atoms with Crippen LogP contribution in [0.4, 0.5) is 0 Å². The number of hydrogen-bond donors (Lipinski definition) is 1. The molecule has 78 valence electrons. The Bertz CT molecular complexity index is 164. The normalized spacial score (nSPS) is 15.8. The highest BCUT2D eigenvalue weighted by atomic mass is 32.2. The van der Waals surface area contributed by atoms with Crippen molar-refractivity contribution in [3.05, 3.63) is 0 Å². The molecule has 0 aromatic carbocycles. The molecule has 0 aliphatic heterocycles. The number of rotatable bonds is 6. The third kappa shape index (κ3) is 5.16. The Hall–Kier alpha value is -0.220. The van der Waals surface area contributed by atoms with E-state index in [1.165, 1.54) is 0 Å². The molecule has 0 rings (SSSR count). The van der Waals surface area contributed by atoms with Crippen molar-refractivity contribution in [3.8, 4) is 0 Å². The minimum Gasteiger partial charge on any atom is -0.481 e. The molecule has 3 nitrogen and oxygen atoms in total. The maximum atomic E-state index is 10.5. The molecule has 13 heavy (non-hydrogen) atoms. The first-order valence-corrected chi connectivity index (χ1v) is 5.81. The van der Waals surface area contributed by atoms with Gasteiger partial charge in [-0.3, -0.25) is 9.69 Å². The standard InChI is InChI=1S/C9H19NO2S/c1-7(5-9(11)12)10(3)8(2)6-13-4/h7-8H,5-6H2,1-4H3,(H,11,12). The average molecular weight is 205 g/mol. The summed E-state index contributed by atoms with van der Waals surface area (Å²) in [7, 11) is 1.98. The summed E-state index contributed by atoms with van der Waals surface area (Å²) in [6, 6.07) is 0.545. The lowest BCUT2D eigenvalue weighted by atomic mass is 10.2. The molecule has 0 radical (unpaired) electrons. The maximum Gasteiger partial charge on any atom is 0.304 e. The van der Waals surface area contributed by atoms with E-state index in [4.69, 9.17) is 5.11 Å². The zero-order valence-corrected chi connectivity index (χ0v) is 9.60. The lowest BCUT2D eigenvalue weighted by molar-refractivity contribution is -0.138. The molecule has 0 amide bonds. The second-order valence-electron chi connectivity index (χ2n) is 3.42. The number of carboxylic acids is 1. The molecule has 0 saturated carbocycles. The van der Waals surface area contributed by atoms with Gasteiger partial charge in [-0.25, -0.2) is 0 Å². The van der Waals surface area contributed by atoms with Gasteiger partial charge >= 0.3 is 5.97 Å². The molecule has 0 spiro atoms. The highest BCUT2D eigenvalue weighted by molar-refractivity contribution is 7.98. The molecule has 0 aliphatic carbocycles. The van der Waals surface area contributed by atoms with Crippen molar-refractivity contribution < 1.29 is 9.90 Å². The van der Waals surface area contributed by atoms with E-state index in [2.05, 4.69) is 18.1 Å². The number of aliphatic carboxylic acids is 1. The van der Waals surface area contributed by atoms with E-state index in [1.807, 2.05) is 14.0 Å². The summed E-state index contributed by atoms with van der Waals surface area (Å²) in [5, 5.41) is 8.61. The molecule has 4 heteroatoms. The monoisotopic (exact) mass is 205 g/mol. The van der Waals surface area contributed by atoms with E-state index < -0.39 is 5.97 Å². The molecule has 2 atom stereocenters. The summed E-state index contributed by atoms with van der Waals surface area (Å²) in [6.45, 7) is 4.07. The fourth-order valence-corrected chi connectivity index (χ4v) is 1.91. The van der Waals surface area contributed by atoms with E-state index in [-0.39, 0.29) is 12.5 Å². The smallest absolute Gasteiger partial charge is 0.304 e. The van der Waals surface area contributed by atoms with Gasteiger partial charge in [0.2, 0.25) is 0 Å². The van der Waals surface area contributed by atoms with Crippen molar-refractivity contribution in [2.24, 2.45) is 0 Å². The molecule has 1 N–H and O–H groups in total. The molecule has 2 unspecified atom stereocenters. The Morgan fingerprint density at radius 1 is 1.46 bits per heavy atom. The Morgan fingerprint density at radius 3 is 2.38 bits per heavy atom. The van der Waals surface area contributed by atoms with Crippen molar-refractivity contribution in [3.63, 3.8) is 0 Å². The van der Waals surface area contributed by atoms with Crippen LogP contribution in [0.15, 0.2) is 0 Å². The molecule has 0 aromatic heterocycles. The van der Waals surface area contributed by atoms with Gasteiger partial charge in [-0.2, -0.15) is 11.8 Å². The van der Waals surface area contributed by atoms with Crippen molar-refractivity contribution in [2.45, 2.75) is 32.4 Å². The van der Waals surface area contributed by atoms with Gasteiger partial charge in [0, 0.05) is 17.8 Å². The van der Waals surface area contributed by atoms with Crippen molar-refractivity contribution >= 4 is 17.7 Å². The predicted octanol–water partition coefficient (Wildman–Crippen LogP) is 1.53. The Labute approximate surface area is 84.5 Å². The molecule has 0 aliphatic rings. The molecule has 0 heterocycles. The van der Waals surface area contributed by atoms with Crippen LogP contribution in [0.1, 0.15) is 20.3 Å². The first-order chi connectivity index (χ1) is 5.99. The third-order valence-electron chi connectivity index (χ3n) is 2.27. The van der Waals surface area contributed by atoms with Crippen molar-refractivity contribution in [1.29, 1.82) is 0 Å². The minimum absolute atomic E-state index is 0.111. The maximum absolute atomic E-state index is 10.5. The van der Waals surface area contributed by atoms with Crippen molar-refractivity contribution in [1.82, 2.24) is 4.90 Å². The van der Waals surface area contributed by atoms with Crippen LogP contribution in [0.2, 0.25) is 0 Å². The van der Waals surface area contributed by atoms with E-state index in [0.717, 1.165) is 5.75 Å². The lowest BCUT2D eigenvalue weighted by Gasteiger charge is -2.29. The van der Waals surface area contributed by atoms with Gasteiger partial charge in [0.05, 0.1) is 6.42 Å². The van der Waals surface area contributed by atoms with E-state index >= 15 is 0 Å². The highest BCUT2D eigenvalue weighted by Gasteiger charge is 2.17. The van der Waals surface area contributed by atoms with Crippen LogP contribution in [0.3, 0.4) is 0 Å². The first kappa shape index (κ1) is 12.8. The summed E-state index contributed by atoms with van der Waals surface area (Å²) in [6.07, 6.45) is 2.28. The van der Waals surface area contributed by atoms with Crippen LogP contribution in [0, 0.1) is 0 Å². The number of hydrogen-bond acceptors (Lipinski definition) is 3.